The van der Waals surface area contributed by atoms with Crippen molar-refractivity contribution in [3.63, 3.8) is 0 Å². The van der Waals surface area contributed by atoms with Crippen LogP contribution in [0.15, 0.2) is 0 Å². The van der Waals surface area contributed by atoms with Crippen LogP contribution in [-0.4, -0.2) is 48.7 Å². The molecule has 1 rings (SSSR count). The number of nitrogens with zero attached hydrogens (tertiary/aromatic N) is 1. The van der Waals surface area contributed by atoms with E-state index in [2.05, 4.69) is 26.1 Å². The van der Waals surface area contributed by atoms with E-state index in [1.165, 1.54) is 0 Å². The summed E-state index contributed by atoms with van der Waals surface area (Å²) in [6.45, 7) is 9.51. The second-order valence-electron chi connectivity index (χ2n) is 6.13. The van der Waals surface area contributed by atoms with Gasteiger partial charge in [-0.1, -0.05) is 27.2 Å². The van der Waals surface area contributed by atoms with Gasteiger partial charge in [0.05, 0.1) is 6.61 Å². The fourth-order valence-electron chi connectivity index (χ4n) is 2.83. The molecule has 0 saturated carbocycles. The lowest BCUT2D eigenvalue weighted by atomic mass is 9.74. The van der Waals surface area contributed by atoms with Crippen LogP contribution in [0.25, 0.3) is 0 Å². The molecule has 1 aliphatic rings. The molecule has 1 amide bonds. The average Bonchev–Trinajstić information content (AvgIpc) is 2.43. The number of aliphatic hydroxyl groups is 1. The van der Waals surface area contributed by atoms with Crippen molar-refractivity contribution < 1.29 is 9.90 Å². The largest absolute Gasteiger partial charge is 0.395 e. The minimum Gasteiger partial charge on any atom is -0.395 e. The van der Waals surface area contributed by atoms with Crippen LogP contribution >= 0.6 is 0 Å². The molecule has 1 fully saturated rings. The Balaban J connectivity index is 2.68. The molecule has 0 aliphatic carbocycles. The van der Waals surface area contributed by atoms with Gasteiger partial charge in [-0.25, -0.2) is 0 Å². The number of nitrogens with one attached hydrogen (secondary N) is 1. The highest BCUT2D eigenvalue weighted by Gasteiger charge is 2.39. The first-order valence-electron chi connectivity index (χ1n) is 7.65. The minimum absolute atomic E-state index is 0.0501. The van der Waals surface area contributed by atoms with Crippen LogP contribution in [0, 0.1) is 11.3 Å². The number of amides is 1. The number of carbonyl (C=O) groups excluding carboxylic acids is 1. The Labute approximate surface area is 117 Å². The van der Waals surface area contributed by atoms with E-state index in [1.54, 1.807) is 0 Å². The van der Waals surface area contributed by atoms with Gasteiger partial charge in [0.15, 0.2) is 0 Å². The summed E-state index contributed by atoms with van der Waals surface area (Å²) < 4.78 is 0. The summed E-state index contributed by atoms with van der Waals surface area (Å²) in [4.78, 5) is 14.6. The van der Waals surface area contributed by atoms with Crippen molar-refractivity contribution in [2.45, 2.75) is 46.5 Å². The number of rotatable bonds is 7. The zero-order chi connectivity index (χ0) is 14.3. The molecule has 1 heterocycles. The summed E-state index contributed by atoms with van der Waals surface area (Å²) in [6.07, 6.45) is 4.34. The summed E-state index contributed by atoms with van der Waals surface area (Å²) in [5, 5.41) is 12.5. The Morgan fingerprint density at radius 1 is 1.42 bits per heavy atom. The maximum absolute atomic E-state index is 12.7. The molecule has 0 aromatic carbocycles. The van der Waals surface area contributed by atoms with Gasteiger partial charge >= 0.3 is 0 Å². The monoisotopic (exact) mass is 270 g/mol. The van der Waals surface area contributed by atoms with Crippen LogP contribution in [-0.2, 0) is 4.79 Å². The minimum atomic E-state index is -0.337. The lowest BCUT2D eigenvalue weighted by Crippen LogP contribution is -2.49. The number of hydrogen-bond donors (Lipinski definition) is 2. The van der Waals surface area contributed by atoms with Gasteiger partial charge in [-0.15, -0.1) is 0 Å². The maximum Gasteiger partial charge on any atom is 0.228 e. The van der Waals surface area contributed by atoms with E-state index in [0.29, 0.717) is 12.5 Å². The number of unbranched alkanes of at least 4 members (excludes halogenated alkanes) is 1. The first-order chi connectivity index (χ1) is 9.04. The fraction of sp³-hybridized carbons (Fsp3) is 0.933. The summed E-state index contributed by atoms with van der Waals surface area (Å²) in [5.74, 6) is 0.597. The van der Waals surface area contributed by atoms with Gasteiger partial charge < -0.3 is 15.3 Å². The average molecular weight is 270 g/mol. The molecule has 1 atom stereocenters. The number of hydrogen-bond acceptors (Lipinski definition) is 3. The van der Waals surface area contributed by atoms with Crippen LogP contribution in [0.5, 0.6) is 0 Å². The van der Waals surface area contributed by atoms with E-state index in [0.717, 1.165) is 45.3 Å². The van der Waals surface area contributed by atoms with Gasteiger partial charge in [-0.05, 0) is 38.3 Å². The van der Waals surface area contributed by atoms with E-state index < -0.39 is 0 Å². The van der Waals surface area contributed by atoms with Crippen LogP contribution < -0.4 is 5.32 Å². The van der Waals surface area contributed by atoms with Crippen LogP contribution in [0.3, 0.4) is 0 Å². The standard InChI is InChI=1S/C15H30N2O2/c1-4-5-9-17(10-11-18)14(19)15(2,3)13-7-6-8-16-12-13/h13,16,18H,4-12H2,1-3H3. The highest BCUT2D eigenvalue weighted by Crippen LogP contribution is 2.33. The third kappa shape index (κ3) is 4.46. The number of aliphatic hydroxyl groups excluding tert-OH is 1. The van der Waals surface area contributed by atoms with E-state index in [-0.39, 0.29) is 17.9 Å². The second-order valence-corrected chi connectivity index (χ2v) is 6.13. The first-order valence-corrected chi connectivity index (χ1v) is 7.65. The van der Waals surface area contributed by atoms with Crippen LogP contribution in [0.2, 0.25) is 0 Å². The molecule has 0 radical (unpaired) electrons. The molecular formula is C15H30N2O2. The molecule has 4 nitrogen and oxygen atoms in total. The molecule has 0 aromatic rings. The van der Waals surface area contributed by atoms with E-state index in [4.69, 9.17) is 5.11 Å². The normalized spacial score (nSPS) is 20.3. The van der Waals surface area contributed by atoms with E-state index >= 15 is 0 Å². The van der Waals surface area contributed by atoms with Crippen LogP contribution in [0.1, 0.15) is 46.5 Å². The summed E-state index contributed by atoms with van der Waals surface area (Å²) in [5.41, 5.74) is -0.337. The molecule has 2 N–H and O–H groups in total. The van der Waals surface area contributed by atoms with Crippen molar-refractivity contribution in [3.8, 4) is 0 Å². The van der Waals surface area contributed by atoms with E-state index in [9.17, 15) is 4.79 Å². The maximum atomic E-state index is 12.7. The second kappa shape index (κ2) is 7.85. The van der Waals surface area contributed by atoms with Gasteiger partial charge in [0.25, 0.3) is 0 Å². The molecule has 1 unspecified atom stereocenters. The van der Waals surface area contributed by atoms with Crippen molar-refractivity contribution in [2.75, 3.05) is 32.8 Å². The number of carbonyl (C=O) groups is 1. The lowest BCUT2D eigenvalue weighted by molar-refractivity contribution is -0.144. The topological polar surface area (TPSA) is 52.6 Å². The van der Waals surface area contributed by atoms with Gasteiger partial charge in [0, 0.05) is 18.5 Å². The van der Waals surface area contributed by atoms with E-state index in [1.807, 2.05) is 4.90 Å². The van der Waals surface area contributed by atoms with Crippen LogP contribution in [0.4, 0.5) is 0 Å². The predicted octanol–water partition coefficient (Wildman–Crippen LogP) is 1.63. The Morgan fingerprint density at radius 2 is 2.16 bits per heavy atom. The van der Waals surface area contributed by atoms with Gasteiger partial charge in [0.2, 0.25) is 5.91 Å². The third-order valence-electron chi connectivity index (χ3n) is 4.31. The molecule has 0 bridgehead atoms. The van der Waals surface area contributed by atoms with Gasteiger partial charge in [-0.2, -0.15) is 0 Å². The Kier molecular flexibility index (Phi) is 6.80. The predicted molar refractivity (Wildman–Crippen MR) is 77.9 cm³/mol. The zero-order valence-corrected chi connectivity index (χ0v) is 12.7. The molecular weight excluding hydrogens is 240 g/mol. The molecule has 0 aromatic heterocycles. The van der Waals surface area contributed by atoms with Gasteiger partial charge in [-0.3, -0.25) is 4.79 Å². The summed E-state index contributed by atoms with van der Waals surface area (Å²) in [6, 6.07) is 0. The highest BCUT2D eigenvalue weighted by molar-refractivity contribution is 5.82. The van der Waals surface area contributed by atoms with Crippen molar-refractivity contribution in [1.29, 1.82) is 0 Å². The Morgan fingerprint density at radius 3 is 2.68 bits per heavy atom. The molecule has 0 spiro atoms. The van der Waals surface area contributed by atoms with Crippen molar-refractivity contribution in [1.82, 2.24) is 10.2 Å². The Bertz CT molecular complexity index is 273. The number of piperidine rings is 1. The van der Waals surface area contributed by atoms with Crippen molar-refractivity contribution in [3.05, 3.63) is 0 Å². The lowest BCUT2D eigenvalue weighted by Gasteiger charge is -2.39. The first kappa shape index (κ1) is 16.4. The molecule has 112 valence electrons. The summed E-state index contributed by atoms with van der Waals surface area (Å²) in [7, 11) is 0. The zero-order valence-electron chi connectivity index (χ0n) is 12.7. The highest BCUT2D eigenvalue weighted by atomic mass is 16.3. The molecule has 19 heavy (non-hydrogen) atoms. The molecule has 4 heteroatoms. The van der Waals surface area contributed by atoms with Crippen molar-refractivity contribution >= 4 is 5.91 Å². The smallest absolute Gasteiger partial charge is 0.228 e. The van der Waals surface area contributed by atoms with Crippen molar-refractivity contribution in [2.24, 2.45) is 11.3 Å². The summed E-state index contributed by atoms with van der Waals surface area (Å²) >= 11 is 0. The third-order valence-corrected chi connectivity index (χ3v) is 4.31. The fourth-order valence-corrected chi connectivity index (χ4v) is 2.83. The SMILES string of the molecule is CCCCN(CCO)C(=O)C(C)(C)C1CCCNC1. The Hall–Kier alpha value is -0.610. The molecule has 1 saturated heterocycles. The van der Waals surface area contributed by atoms with Gasteiger partial charge in [0.1, 0.15) is 0 Å². The molecule has 1 aliphatic heterocycles. The quantitative estimate of drug-likeness (QED) is 0.739.